The van der Waals surface area contributed by atoms with E-state index in [9.17, 15) is 0 Å². The summed E-state index contributed by atoms with van der Waals surface area (Å²) < 4.78 is 10.8. The number of anilines is 1. The van der Waals surface area contributed by atoms with Gasteiger partial charge in [-0.2, -0.15) is 5.10 Å². The Hall–Kier alpha value is -2.38. The lowest BCUT2D eigenvalue weighted by Crippen LogP contribution is -1.96. The van der Waals surface area contributed by atoms with Gasteiger partial charge in [0.1, 0.15) is 0 Å². The quantitative estimate of drug-likeness (QED) is 0.490. The van der Waals surface area contributed by atoms with E-state index in [2.05, 4.69) is 21.6 Å². The number of aromatic nitrogens is 1. The summed E-state index contributed by atoms with van der Waals surface area (Å²) >= 11 is 3.20. The molecular weight excluding hydrogens is 342 g/mol. The first kappa shape index (κ1) is 16.5. The van der Waals surface area contributed by atoms with Gasteiger partial charge in [-0.15, -0.1) is 22.7 Å². The number of thiophene rings is 1. The highest BCUT2D eigenvalue weighted by molar-refractivity contribution is 7.15. The molecule has 0 fully saturated rings. The normalized spacial score (nSPS) is 10.9. The molecule has 0 aliphatic rings. The Morgan fingerprint density at radius 3 is 2.92 bits per heavy atom. The van der Waals surface area contributed by atoms with Crippen molar-refractivity contribution in [1.29, 1.82) is 0 Å². The SMILES string of the molecule is CCOc1ccc(/C=N\Nc2nc(-c3cccs3)cs2)cc1OC. The molecule has 0 radical (unpaired) electrons. The second-order valence-corrected chi connectivity index (χ2v) is 6.53. The zero-order valence-corrected chi connectivity index (χ0v) is 15.0. The number of hydrogen-bond acceptors (Lipinski definition) is 7. The summed E-state index contributed by atoms with van der Waals surface area (Å²) in [5.74, 6) is 1.42. The molecule has 0 amide bonds. The Morgan fingerprint density at radius 2 is 2.17 bits per heavy atom. The molecule has 0 aliphatic heterocycles. The molecular formula is C17H17N3O2S2. The number of hydrazone groups is 1. The van der Waals surface area contributed by atoms with Gasteiger partial charge in [0.05, 0.1) is 30.5 Å². The number of rotatable bonds is 7. The van der Waals surface area contributed by atoms with E-state index >= 15 is 0 Å². The fourth-order valence-electron chi connectivity index (χ4n) is 2.06. The first-order valence-corrected chi connectivity index (χ1v) is 9.15. The van der Waals surface area contributed by atoms with Crippen LogP contribution in [0.5, 0.6) is 11.5 Å². The van der Waals surface area contributed by atoms with E-state index in [-0.39, 0.29) is 0 Å². The zero-order valence-electron chi connectivity index (χ0n) is 13.4. The molecule has 2 aromatic heterocycles. The van der Waals surface area contributed by atoms with Crippen molar-refractivity contribution in [2.75, 3.05) is 19.1 Å². The molecule has 0 spiro atoms. The van der Waals surface area contributed by atoms with Crippen molar-refractivity contribution < 1.29 is 9.47 Å². The van der Waals surface area contributed by atoms with Crippen LogP contribution in [-0.2, 0) is 0 Å². The lowest BCUT2D eigenvalue weighted by molar-refractivity contribution is 0.311. The number of ether oxygens (including phenoxy) is 2. The minimum atomic E-state index is 0.599. The first-order valence-electron chi connectivity index (χ1n) is 7.39. The number of thiazole rings is 1. The number of benzene rings is 1. The first-order chi connectivity index (χ1) is 11.8. The molecule has 3 rings (SSSR count). The number of methoxy groups -OCH3 is 1. The summed E-state index contributed by atoms with van der Waals surface area (Å²) in [7, 11) is 1.62. The maximum absolute atomic E-state index is 5.50. The third kappa shape index (κ3) is 3.93. The standard InChI is InChI=1S/C17H17N3O2S2/c1-3-22-14-7-6-12(9-15(14)21-2)10-18-20-17-19-13(11-24-17)16-5-4-8-23-16/h4-11H,3H2,1-2H3,(H,19,20)/b18-10-. The molecule has 0 unspecified atom stereocenters. The molecule has 1 aromatic carbocycles. The van der Waals surface area contributed by atoms with E-state index < -0.39 is 0 Å². The van der Waals surface area contributed by atoms with Gasteiger partial charge in [0, 0.05) is 5.38 Å². The Balaban J connectivity index is 1.66. The van der Waals surface area contributed by atoms with Crippen LogP contribution < -0.4 is 14.9 Å². The molecule has 0 bridgehead atoms. The average Bonchev–Trinajstić information content (AvgIpc) is 3.27. The van der Waals surface area contributed by atoms with Crippen LogP contribution in [0.4, 0.5) is 5.13 Å². The van der Waals surface area contributed by atoms with Crippen molar-refractivity contribution in [2.45, 2.75) is 6.92 Å². The van der Waals surface area contributed by atoms with Gasteiger partial charge in [0.2, 0.25) is 5.13 Å². The van der Waals surface area contributed by atoms with Crippen molar-refractivity contribution >= 4 is 34.0 Å². The highest BCUT2D eigenvalue weighted by Crippen LogP contribution is 2.29. The van der Waals surface area contributed by atoms with Crippen LogP contribution >= 0.6 is 22.7 Å². The largest absolute Gasteiger partial charge is 0.493 e. The van der Waals surface area contributed by atoms with Crippen LogP contribution in [0.25, 0.3) is 10.6 Å². The molecule has 0 atom stereocenters. The molecule has 124 valence electrons. The minimum Gasteiger partial charge on any atom is -0.493 e. The average molecular weight is 359 g/mol. The van der Waals surface area contributed by atoms with E-state index in [1.54, 1.807) is 24.7 Å². The van der Waals surface area contributed by atoms with Gasteiger partial charge in [0.25, 0.3) is 0 Å². The molecule has 2 heterocycles. The van der Waals surface area contributed by atoms with E-state index in [0.29, 0.717) is 12.4 Å². The molecule has 1 N–H and O–H groups in total. The summed E-state index contributed by atoms with van der Waals surface area (Å²) in [5.41, 5.74) is 4.84. The maximum Gasteiger partial charge on any atom is 0.203 e. The lowest BCUT2D eigenvalue weighted by Gasteiger charge is -2.09. The Kier molecular flexibility index (Phi) is 5.45. The summed E-state index contributed by atoms with van der Waals surface area (Å²) in [6.45, 7) is 2.54. The molecule has 7 heteroatoms. The van der Waals surface area contributed by atoms with Crippen LogP contribution in [-0.4, -0.2) is 24.9 Å². The third-order valence-electron chi connectivity index (χ3n) is 3.14. The van der Waals surface area contributed by atoms with Crippen LogP contribution in [0.1, 0.15) is 12.5 Å². The monoisotopic (exact) mass is 359 g/mol. The minimum absolute atomic E-state index is 0.599. The number of hydrogen-bond donors (Lipinski definition) is 1. The van der Waals surface area contributed by atoms with Gasteiger partial charge in [-0.3, -0.25) is 5.43 Å². The van der Waals surface area contributed by atoms with Crippen LogP contribution in [0, 0.1) is 0 Å². The van der Waals surface area contributed by atoms with Crippen molar-refractivity contribution in [3.63, 3.8) is 0 Å². The van der Waals surface area contributed by atoms with Gasteiger partial charge in [0.15, 0.2) is 11.5 Å². The molecule has 5 nitrogen and oxygen atoms in total. The zero-order chi connectivity index (χ0) is 16.8. The number of nitrogens with zero attached hydrogens (tertiary/aromatic N) is 2. The predicted octanol–water partition coefficient (Wildman–Crippen LogP) is 4.72. The van der Waals surface area contributed by atoms with Crippen molar-refractivity contribution in [3.8, 4) is 22.1 Å². The van der Waals surface area contributed by atoms with Gasteiger partial charge >= 0.3 is 0 Å². The third-order valence-corrected chi connectivity index (χ3v) is 4.78. The highest BCUT2D eigenvalue weighted by Gasteiger charge is 2.05. The van der Waals surface area contributed by atoms with Crippen LogP contribution in [0.15, 0.2) is 46.2 Å². The fraction of sp³-hybridized carbons (Fsp3) is 0.176. The van der Waals surface area contributed by atoms with Crippen LogP contribution in [0.2, 0.25) is 0 Å². The van der Waals surface area contributed by atoms with Gasteiger partial charge in [-0.05, 0) is 42.1 Å². The molecule has 24 heavy (non-hydrogen) atoms. The van der Waals surface area contributed by atoms with E-state index in [1.165, 1.54) is 11.3 Å². The lowest BCUT2D eigenvalue weighted by atomic mass is 10.2. The highest BCUT2D eigenvalue weighted by atomic mass is 32.1. The van der Waals surface area contributed by atoms with Crippen molar-refractivity contribution in [3.05, 3.63) is 46.7 Å². The summed E-state index contributed by atoms with van der Waals surface area (Å²) in [5, 5.41) is 9.05. The molecule has 0 saturated carbocycles. The second kappa shape index (κ2) is 7.94. The maximum atomic E-state index is 5.50. The van der Waals surface area contributed by atoms with Crippen molar-refractivity contribution in [1.82, 2.24) is 4.98 Å². The van der Waals surface area contributed by atoms with Gasteiger partial charge < -0.3 is 9.47 Å². The van der Waals surface area contributed by atoms with Crippen LogP contribution in [0.3, 0.4) is 0 Å². The van der Waals surface area contributed by atoms with Gasteiger partial charge in [-0.1, -0.05) is 6.07 Å². The number of nitrogens with one attached hydrogen (secondary N) is 1. The fourth-order valence-corrected chi connectivity index (χ4v) is 3.48. The smallest absolute Gasteiger partial charge is 0.203 e. The Morgan fingerprint density at radius 1 is 1.25 bits per heavy atom. The molecule has 3 aromatic rings. The molecule has 0 aliphatic carbocycles. The van der Waals surface area contributed by atoms with E-state index in [0.717, 1.165) is 27.0 Å². The van der Waals surface area contributed by atoms with Gasteiger partial charge in [-0.25, -0.2) is 4.98 Å². The van der Waals surface area contributed by atoms with E-state index in [4.69, 9.17) is 9.47 Å². The van der Waals surface area contributed by atoms with E-state index in [1.807, 2.05) is 41.9 Å². The summed E-state index contributed by atoms with van der Waals surface area (Å²) in [6, 6.07) is 9.76. The molecule has 0 saturated heterocycles. The Bertz CT molecular complexity index is 813. The van der Waals surface area contributed by atoms with Crippen molar-refractivity contribution in [2.24, 2.45) is 5.10 Å². The summed E-state index contributed by atoms with van der Waals surface area (Å²) in [6.07, 6.45) is 1.73. The predicted molar refractivity (Wildman–Crippen MR) is 101 cm³/mol. The topological polar surface area (TPSA) is 55.7 Å². The summed E-state index contributed by atoms with van der Waals surface area (Å²) in [4.78, 5) is 5.67. The second-order valence-electron chi connectivity index (χ2n) is 4.73. The Labute approximate surface area is 148 Å².